The topological polar surface area (TPSA) is 61.8 Å². The molecule has 0 aliphatic carbocycles. The van der Waals surface area contributed by atoms with E-state index in [1.165, 1.54) is 30.3 Å². The van der Waals surface area contributed by atoms with Crippen molar-refractivity contribution in [2.45, 2.75) is 24.9 Å². The van der Waals surface area contributed by atoms with Crippen LogP contribution < -0.4 is 10.1 Å². The van der Waals surface area contributed by atoms with Crippen LogP contribution in [0, 0.1) is 11.7 Å². The number of benzene rings is 2. The smallest absolute Gasteiger partial charge is 0.406 e. The van der Waals surface area contributed by atoms with Crippen molar-refractivity contribution in [3.05, 3.63) is 59.9 Å². The van der Waals surface area contributed by atoms with Crippen molar-refractivity contribution in [2.24, 2.45) is 5.92 Å². The van der Waals surface area contributed by atoms with Gasteiger partial charge in [-0.25, -0.2) is 4.39 Å². The maximum Gasteiger partial charge on any atom is 0.573 e. The third-order valence-electron chi connectivity index (χ3n) is 4.95. The van der Waals surface area contributed by atoms with Crippen molar-refractivity contribution in [1.82, 2.24) is 4.90 Å². The van der Waals surface area contributed by atoms with Gasteiger partial charge in [-0.2, -0.15) is 0 Å². The fraction of sp³-hybridized carbons (Fsp3) is 0.350. The second kappa shape index (κ2) is 8.38. The molecule has 3 rings (SSSR count). The Morgan fingerprint density at radius 2 is 1.93 bits per heavy atom. The average Bonchev–Trinajstić information content (AvgIpc) is 2.64. The number of hydrogen-bond acceptors (Lipinski definition) is 4. The van der Waals surface area contributed by atoms with Crippen LogP contribution >= 0.6 is 0 Å². The van der Waals surface area contributed by atoms with Crippen LogP contribution in [0.15, 0.2) is 48.5 Å². The predicted molar refractivity (Wildman–Crippen MR) is 97.6 cm³/mol. The molecule has 9 heteroatoms. The number of ether oxygens (including phenoxy) is 1. The highest BCUT2D eigenvalue weighted by Crippen LogP contribution is 2.38. The molecule has 5 nitrogen and oxygen atoms in total. The van der Waals surface area contributed by atoms with E-state index in [1.54, 1.807) is 24.1 Å². The maximum absolute atomic E-state index is 13.9. The molecule has 1 aliphatic rings. The molecule has 29 heavy (non-hydrogen) atoms. The number of aliphatic hydroxyl groups excluding tert-OH is 1. The second-order valence-electron chi connectivity index (χ2n) is 6.90. The van der Waals surface area contributed by atoms with Gasteiger partial charge in [-0.1, -0.05) is 24.3 Å². The lowest BCUT2D eigenvalue weighted by Crippen LogP contribution is -2.50. The van der Waals surface area contributed by atoms with Crippen LogP contribution in [0.5, 0.6) is 5.75 Å². The molecule has 2 N–H and O–H groups in total. The second-order valence-corrected chi connectivity index (χ2v) is 6.90. The number of carbonyl (C=O) groups is 1. The highest BCUT2D eigenvalue weighted by Gasteiger charge is 2.41. The lowest BCUT2D eigenvalue weighted by molar-refractivity contribution is -0.274. The molecule has 0 aromatic heterocycles. The average molecular weight is 412 g/mol. The molecule has 1 saturated heterocycles. The minimum Gasteiger partial charge on any atom is -0.406 e. The number of nitrogens with zero attached hydrogens (tertiary/aromatic N) is 1. The highest BCUT2D eigenvalue weighted by atomic mass is 19.4. The van der Waals surface area contributed by atoms with Crippen LogP contribution in [0.2, 0.25) is 0 Å². The zero-order valence-electron chi connectivity index (χ0n) is 15.5. The molecule has 0 saturated carbocycles. The number of hydrogen-bond donors (Lipinski definition) is 2. The first-order valence-electron chi connectivity index (χ1n) is 8.95. The fourth-order valence-corrected chi connectivity index (χ4v) is 3.55. The van der Waals surface area contributed by atoms with Gasteiger partial charge in [0.2, 0.25) is 5.91 Å². The van der Waals surface area contributed by atoms with Gasteiger partial charge >= 0.3 is 6.36 Å². The van der Waals surface area contributed by atoms with Crippen LogP contribution in [-0.2, 0) is 4.79 Å². The summed E-state index contributed by atoms with van der Waals surface area (Å²) in [5, 5.41) is 13.1. The number of halogens is 4. The summed E-state index contributed by atoms with van der Waals surface area (Å²) < 4.78 is 55.5. The first-order chi connectivity index (χ1) is 13.7. The number of amides is 1. The number of likely N-dealkylation sites (tertiary alicyclic amines) is 1. The van der Waals surface area contributed by atoms with Gasteiger partial charge in [0.1, 0.15) is 17.8 Å². The number of carbonyl (C=O) groups excluding carboxylic acids is 1. The lowest BCUT2D eigenvalue weighted by atomic mass is 9.78. The van der Waals surface area contributed by atoms with E-state index >= 15 is 0 Å². The molecule has 2 aromatic carbocycles. The SMILES string of the molecule is CN1CCC(c2cccc(OC(F)(F)F)c2)C(C(=O)Nc2ccccc2F)C1O. The van der Waals surface area contributed by atoms with Crippen molar-refractivity contribution in [3.63, 3.8) is 0 Å². The molecule has 1 fully saturated rings. The molecule has 0 spiro atoms. The molecular weight excluding hydrogens is 392 g/mol. The summed E-state index contributed by atoms with van der Waals surface area (Å²) in [6.45, 7) is 0.430. The van der Waals surface area contributed by atoms with Crippen molar-refractivity contribution in [1.29, 1.82) is 0 Å². The van der Waals surface area contributed by atoms with Gasteiger partial charge in [0.05, 0.1) is 11.6 Å². The molecule has 1 heterocycles. The minimum atomic E-state index is -4.84. The fourth-order valence-electron chi connectivity index (χ4n) is 3.55. The van der Waals surface area contributed by atoms with Crippen LogP contribution in [0.25, 0.3) is 0 Å². The first-order valence-corrected chi connectivity index (χ1v) is 8.95. The van der Waals surface area contributed by atoms with Gasteiger partial charge in [0, 0.05) is 12.5 Å². The summed E-state index contributed by atoms with van der Waals surface area (Å²) in [6.07, 6.45) is -5.61. The Morgan fingerprint density at radius 3 is 2.62 bits per heavy atom. The number of anilines is 1. The number of piperidine rings is 1. The van der Waals surface area contributed by atoms with E-state index in [1.807, 2.05) is 0 Å². The number of para-hydroxylation sites is 1. The monoisotopic (exact) mass is 412 g/mol. The van der Waals surface area contributed by atoms with E-state index in [0.717, 1.165) is 6.07 Å². The zero-order valence-corrected chi connectivity index (χ0v) is 15.5. The molecule has 3 atom stereocenters. The van der Waals surface area contributed by atoms with Crippen LogP contribution in [0.1, 0.15) is 17.9 Å². The minimum absolute atomic E-state index is 0.0363. The van der Waals surface area contributed by atoms with E-state index in [9.17, 15) is 27.5 Å². The molecule has 0 bridgehead atoms. The number of alkyl halides is 3. The Hall–Kier alpha value is -2.65. The Kier molecular flexibility index (Phi) is 6.09. The molecule has 156 valence electrons. The van der Waals surface area contributed by atoms with Gasteiger partial charge in [-0.15, -0.1) is 13.2 Å². The van der Waals surface area contributed by atoms with E-state index in [2.05, 4.69) is 10.1 Å². The first kappa shape index (κ1) is 21.1. The van der Waals surface area contributed by atoms with Crippen LogP contribution in [-0.4, -0.2) is 42.1 Å². The zero-order chi connectivity index (χ0) is 21.2. The Morgan fingerprint density at radius 1 is 1.21 bits per heavy atom. The summed E-state index contributed by atoms with van der Waals surface area (Å²) in [7, 11) is 1.63. The number of rotatable bonds is 4. The number of nitrogens with one attached hydrogen (secondary N) is 1. The summed E-state index contributed by atoms with van der Waals surface area (Å²) >= 11 is 0. The van der Waals surface area contributed by atoms with Crippen LogP contribution in [0.4, 0.5) is 23.2 Å². The lowest BCUT2D eigenvalue weighted by Gasteiger charge is -2.40. The standard InChI is InChI=1S/C20H20F4N2O3/c1-26-10-9-14(12-5-4-6-13(11-12)29-20(22,23)24)17(19(26)28)18(27)25-16-8-3-2-7-15(16)21/h2-8,11,14,17,19,28H,9-10H2,1H3,(H,25,27). The quantitative estimate of drug-likeness (QED) is 0.752. The van der Waals surface area contributed by atoms with E-state index in [-0.39, 0.29) is 5.69 Å². The van der Waals surface area contributed by atoms with Crippen molar-refractivity contribution in [2.75, 3.05) is 18.9 Å². The largest absolute Gasteiger partial charge is 0.573 e. The summed E-state index contributed by atoms with van der Waals surface area (Å²) in [5.41, 5.74) is 0.387. The summed E-state index contributed by atoms with van der Waals surface area (Å²) in [6, 6.07) is 11.0. The van der Waals surface area contributed by atoms with Gasteiger partial charge in [-0.05, 0) is 43.3 Å². The van der Waals surface area contributed by atoms with Crippen molar-refractivity contribution < 1.29 is 32.2 Å². The van der Waals surface area contributed by atoms with Gasteiger partial charge in [0.15, 0.2) is 0 Å². The number of aliphatic hydroxyl groups is 1. The Bertz CT molecular complexity index is 875. The van der Waals surface area contributed by atoms with E-state index in [4.69, 9.17) is 0 Å². The molecule has 0 radical (unpaired) electrons. The maximum atomic E-state index is 13.9. The van der Waals surface area contributed by atoms with E-state index in [0.29, 0.717) is 18.5 Å². The summed E-state index contributed by atoms with van der Waals surface area (Å²) in [4.78, 5) is 14.5. The highest BCUT2D eigenvalue weighted by molar-refractivity contribution is 5.93. The Balaban J connectivity index is 1.89. The predicted octanol–water partition coefficient (Wildman–Crippen LogP) is 3.72. The van der Waals surface area contributed by atoms with Gasteiger partial charge in [0.25, 0.3) is 0 Å². The van der Waals surface area contributed by atoms with E-state index < -0.39 is 41.9 Å². The normalized spacial score (nSPS) is 22.9. The molecule has 1 aliphatic heterocycles. The third-order valence-corrected chi connectivity index (χ3v) is 4.95. The molecule has 3 unspecified atom stereocenters. The van der Waals surface area contributed by atoms with Gasteiger partial charge in [-0.3, -0.25) is 9.69 Å². The molecule has 1 amide bonds. The Labute approximate surface area is 164 Å². The summed E-state index contributed by atoms with van der Waals surface area (Å²) in [5.74, 6) is -3.26. The molecule has 2 aromatic rings. The van der Waals surface area contributed by atoms with Gasteiger partial charge < -0.3 is 15.2 Å². The van der Waals surface area contributed by atoms with Crippen LogP contribution in [0.3, 0.4) is 0 Å². The molecular formula is C20H20F4N2O3. The third kappa shape index (κ3) is 5.04. The van der Waals surface area contributed by atoms with Crippen molar-refractivity contribution >= 4 is 11.6 Å². The van der Waals surface area contributed by atoms with Crippen molar-refractivity contribution in [3.8, 4) is 5.75 Å².